The molecule has 0 aliphatic heterocycles. The van der Waals surface area contributed by atoms with E-state index in [1.54, 1.807) is 18.2 Å². The molecular formula is C20H24N2O3S. The Morgan fingerprint density at radius 3 is 2.62 bits per heavy atom. The van der Waals surface area contributed by atoms with Crippen molar-refractivity contribution < 1.29 is 13.2 Å². The third-order valence-corrected chi connectivity index (χ3v) is 6.16. The number of benzene rings is 2. The summed E-state index contributed by atoms with van der Waals surface area (Å²) in [6.45, 7) is 1.81. The van der Waals surface area contributed by atoms with Crippen molar-refractivity contribution in [1.82, 2.24) is 5.32 Å². The van der Waals surface area contributed by atoms with Crippen LogP contribution in [-0.2, 0) is 16.4 Å². The highest BCUT2D eigenvalue weighted by atomic mass is 32.2. The number of hydrogen-bond acceptors (Lipinski definition) is 3. The molecule has 0 heterocycles. The van der Waals surface area contributed by atoms with Crippen LogP contribution in [0.4, 0.5) is 5.69 Å². The topological polar surface area (TPSA) is 66.5 Å². The zero-order chi connectivity index (χ0) is 18.9. The highest BCUT2D eigenvalue weighted by molar-refractivity contribution is 7.92. The van der Waals surface area contributed by atoms with Gasteiger partial charge in [0.2, 0.25) is 10.0 Å². The van der Waals surface area contributed by atoms with Gasteiger partial charge in [0.25, 0.3) is 5.91 Å². The summed E-state index contributed by atoms with van der Waals surface area (Å²) in [5, 5.41) is 3.13. The molecule has 6 heteroatoms. The maximum absolute atomic E-state index is 12.7. The summed E-state index contributed by atoms with van der Waals surface area (Å²) in [4.78, 5) is 12.7. The van der Waals surface area contributed by atoms with Crippen molar-refractivity contribution in [3.8, 4) is 0 Å². The number of carbonyl (C=O) groups excluding carboxylic acids is 1. The van der Waals surface area contributed by atoms with Gasteiger partial charge in [0.05, 0.1) is 18.0 Å². The number of anilines is 1. The molecule has 1 N–H and O–H groups in total. The third-order valence-electron chi connectivity index (χ3n) is 4.97. The smallest absolute Gasteiger partial charge is 0.251 e. The standard InChI is InChI=1S/C20H24N2O3S/c1-14-13-16(11-12-19(14)22(2)26(3,24)25)20(23)21-18-10-6-8-15-7-4-5-9-17(15)18/h4-5,7,9,11-13,18H,6,8,10H2,1-3H3,(H,21,23). The van der Waals surface area contributed by atoms with Gasteiger partial charge in [-0.25, -0.2) is 8.42 Å². The van der Waals surface area contributed by atoms with E-state index in [0.717, 1.165) is 31.1 Å². The van der Waals surface area contributed by atoms with Crippen molar-refractivity contribution in [3.05, 3.63) is 64.7 Å². The minimum atomic E-state index is -3.33. The van der Waals surface area contributed by atoms with Gasteiger partial charge >= 0.3 is 0 Å². The van der Waals surface area contributed by atoms with Gasteiger partial charge in [-0.3, -0.25) is 9.10 Å². The molecule has 0 fully saturated rings. The maximum atomic E-state index is 12.7. The number of nitrogens with one attached hydrogen (secondary N) is 1. The van der Waals surface area contributed by atoms with Gasteiger partial charge in [-0.15, -0.1) is 0 Å². The molecule has 1 aliphatic rings. The summed E-state index contributed by atoms with van der Waals surface area (Å²) < 4.78 is 24.7. The van der Waals surface area contributed by atoms with Gasteiger partial charge in [-0.05, 0) is 61.1 Å². The van der Waals surface area contributed by atoms with Gasteiger partial charge < -0.3 is 5.32 Å². The lowest BCUT2D eigenvalue weighted by molar-refractivity contribution is 0.0932. The fraction of sp³-hybridized carbons (Fsp3) is 0.350. The molecule has 0 aromatic heterocycles. The van der Waals surface area contributed by atoms with E-state index in [4.69, 9.17) is 0 Å². The van der Waals surface area contributed by atoms with E-state index in [2.05, 4.69) is 17.4 Å². The number of nitrogens with zero attached hydrogens (tertiary/aromatic N) is 1. The van der Waals surface area contributed by atoms with E-state index in [9.17, 15) is 13.2 Å². The molecule has 0 saturated heterocycles. The van der Waals surface area contributed by atoms with Crippen molar-refractivity contribution in [2.24, 2.45) is 0 Å². The van der Waals surface area contributed by atoms with Crippen molar-refractivity contribution >= 4 is 21.6 Å². The summed E-state index contributed by atoms with van der Waals surface area (Å²) in [6.07, 6.45) is 4.19. The van der Waals surface area contributed by atoms with E-state index >= 15 is 0 Å². The predicted molar refractivity (Wildman–Crippen MR) is 104 cm³/mol. The number of carbonyl (C=O) groups is 1. The normalized spacial score (nSPS) is 16.7. The summed E-state index contributed by atoms with van der Waals surface area (Å²) in [5.74, 6) is -0.136. The second-order valence-electron chi connectivity index (χ2n) is 6.85. The first-order chi connectivity index (χ1) is 12.3. The van der Waals surface area contributed by atoms with Crippen LogP contribution in [0.15, 0.2) is 42.5 Å². The first kappa shape index (κ1) is 18.5. The molecule has 0 spiro atoms. The minimum Gasteiger partial charge on any atom is -0.345 e. The molecule has 1 unspecified atom stereocenters. The average Bonchev–Trinajstić information content (AvgIpc) is 2.60. The summed E-state index contributed by atoms with van der Waals surface area (Å²) in [5.41, 5.74) is 4.35. The predicted octanol–water partition coefficient (Wildman–Crippen LogP) is 3.20. The molecule has 5 nitrogen and oxygen atoms in total. The molecule has 2 aromatic rings. The Kier molecular flexibility index (Phi) is 5.05. The van der Waals surface area contributed by atoms with Crippen LogP contribution in [0, 0.1) is 6.92 Å². The lowest BCUT2D eigenvalue weighted by Crippen LogP contribution is -2.31. The Bertz CT molecular complexity index is 938. The Balaban J connectivity index is 1.81. The van der Waals surface area contributed by atoms with Crippen LogP contribution in [-0.4, -0.2) is 27.6 Å². The molecule has 1 aliphatic carbocycles. The highest BCUT2D eigenvalue weighted by Gasteiger charge is 2.22. The first-order valence-corrected chi connectivity index (χ1v) is 10.6. The number of fused-ring (bicyclic) bond motifs is 1. The lowest BCUT2D eigenvalue weighted by Gasteiger charge is -2.26. The second-order valence-corrected chi connectivity index (χ2v) is 8.86. The largest absolute Gasteiger partial charge is 0.345 e. The van der Waals surface area contributed by atoms with Gasteiger partial charge in [-0.2, -0.15) is 0 Å². The minimum absolute atomic E-state index is 0.0196. The van der Waals surface area contributed by atoms with Crippen LogP contribution < -0.4 is 9.62 Å². The molecule has 26 heavy (non-hydrogen) atoms. The lowest BCUT2D eigenvalue weighted by atomic mass is 9.87. The Morgan fingerprint density at radius 1 is 1.19 bits per heavy atom. The maximum Gasteiger partial charge on any atom is 0.251 e. The third kappa shape index (κ3) is 3.75. The molecule has 2 aromatic carbocycles. The van der Waals surface area contributed by atoms with Crippen LogP contribution in [0.1, 0.15) is 45.9 Å². The average molecular weight is 372 g/mol. The molecular weight excluding hydrogens is 348 g/mol. The van der Waals surface area contributed by atoms with Gasteiger partial charge in [0.15, 0.2) is 0 Å². The highest BCUT2D eigenvalue weighted by Crippen LogP contribution is 2.30. The van der Waals surface area contributed by atoms with E-state index in [1.165, 1.54) is 22.5 Å². The number of rotatable bonds is 4. The molecule has 1 atom stereocenters. The number of aryl methyl sites for hydroxylation is 2. The first-order valence-electron chi connectivity index (χ1n) is 8.70. The van der Waals surface area contributed by atoms with Crippen molar-refractivity contribution in [3.63, 3.8) is 0 Å². The van der Waals surface area contributed by atoms with E-state index in [0.29, 0.717) is 11.3 Å². The van der Waals surface area contributed by atoms with Gasteiger partial charge in [0, 0.05) is 12.6 Å². The SMILES string of the molecule is Cc1cc(C(=O)NC2CCCc3ccccc32)ccc1N(C)S(C)(=O)=O. The summed E-state index contributed by atoms with van der Waals surface area (Å²) in [7, 11) is -1.82. The molecule has 0 radical (unpaired) electrons. The Labute approximate surface area is 155 Å². The van der Waals surface area contributed by atoms with Crippen molar-refractivity contribution in [2.75, 3.05) is 17.6 Å². The zero-order valence-electron chi connectivity index (χ0n) is 15.3. The Morgan fingerprint density at radius 2 is 1.92 bits per heavy atom. The van der Waals surface area contributed by atoms with Gasteiger partial charge in [-0.1, -0.05) is 24.3 Å². The Hall–Kier alpha value is -2.34. The molecule has 138 valence electrons. The number of sulfonamides is 1. The second kappa shape index (κ2) is 7.11. The fourth-order valence-corrected chi connectivity index (χ4v) is 4.04. The van der Waals surface area contributed by atoms with E-state index in [-0.39, 0.29) is 11.9 Å². The quantitative estimate of drug-likeness (QED) is 0.896. The fourth-order valence-electron chi connectivity index (χ4n) is 3.47. The van der Waals surface area contributed by atoms with Crippen molar-refractivity contribution in [1.29, 1.82) is 0 Å². The van der Waals surface area contributed by atoms with Crippen LogP contribution >= 0.6 is 0 Å². The number of hydrogen-bond donors (Lipinski definition) is 1. The van der Waals surface area contributed by atoms with E-state index in [1.807, 2.05) is 19.1 Å². The zero-order valence-corrected chi connectivity index (χ0v) is 16.1. The van der Waals surface area contributed by atoms with Crippen LogP contribution in [0.5, 0.6) is 0 Å². The van der Waals surface area contributed by atoms with E-state index < -0.39 is 10.0 Å². The van der Waals surface area contributed by atoms with Crippen molar-refractivity contribution in [2.45, 2.75) is 32.2 Å². The van der Waals surface area contributed by atoms with Crippen LogP contribution in [0.25, 0.3) is 0 Å². The number of amides is 1. The molecule has 3 rings (SSSR count). The van der Waals surface area contributed by atoms with Crippen LogP contribution in [0.3, 0.4) is 0 Å². The summed E-state index contributed by atoms with van der Waals surface area (Å²) >= 11 is 0. The van der Waals surface area contributed by atoms with Crippen LogP contribution in [0.2, 0.25) is 0 Å². The monoisotopic (exact) mass is 372 g/mol. The molecule has 0 bridgehead atoms. The van der Waals surface area contributed by atoms with Gasteiger partial charge in [0.1, 0.15) is 0 Å². The molecule has 0 saturated carbocycles. The molecule has 1 amide bonds. The summed E-state index contributed by atoms with van der Waals surface area (Å²) in [6, 6.07) is 13.3.